The monoisotopic (exact) mass is 296 g/mol. The van der Waals surface area contributed by atoms with Crippen LogP contribution in [0.5, 0.6) is 11.5 Å². The number of rotatable bonds is 3. The Morgan fingerprint density at radius 1 is 1.05 bits per heavy atom. The van der Waals surface area contributed by atoms with E-state index >= 15 is 0 Å². The first-order valence-electron chi connectivity index (χ1n) is 7.33. The van der Waals surface area contributed by atoms with Crippen molar-refractivity contribution >= 4 is 11.0 Å². The minimum Gasteiger partial charge on any atom is -0.486 e. The molecule has 0 fully saturated rings. The molecular weight excluding hydrogens is 280 g/mol. The summed E-state index contributed by atoms with van der Waals surface area (Å²) >= 11 is 0. The van der Waals surface area contributed by atoms with Crippen LogP contribution in [0.1, 0.15) is 0 Å². The average molecular weight is 296 g/mol. The fourth-order valence-corrected chi connectivity index (χ4v) is 2.80. The molecule has 5 nitrogen and oxygen atoms in total. The standard InChI is InChI=1S/C17H16N2O3/c20-8-7-19-14-4-2-1-3-13(14)18-17(19)12-5-6-15-16(11-12)22-10-9-21-15/h1-6,11,20H,7-10H2. The van der Waals surface area contributed by atoms with Gasteiger partial charge >= 0.3 is 0 Å². The predicted octanol–water partition coefficient (Wildman–Crippen LogP) is 2.47. The van der Waals surface area contributed by atoms with E-state index in [2.05, 4.69) is 0 Å². The quantitative estimate of drug-likeness (QED) is 0.806. The first kappa shape index (κ1) is 13.2. The molecule has 2 heterocycles. The summed E-state index contributed by atoms with van der Waals surface area (Å²) in [5.41, 5.74) is 2.89. The van der Waals surface area contributed by atoms with Gasteiger partial charge in [0.1, 0.15) is 19.0 Å². The van der Waals surface area contributed by atoms with Crippen molar-refractivity contribution in [3.8, 4) is 22.9 Å². The van der Waals surface area contributed by atoms with Gasteiger partial charge in [0.25, 0.3) is 0 Å². The number of ether oxygens (including phenoxy) is 2. The number of aliphatic hydroxyl groups is 1. The van der Waals surface area contributed by atoms with Crippen molar-refractivity contribution in [1.82, 2.24) is 9.55 Å². The van der Waals surface area contributed by atoms with Gasteiger partial charge in [-0.15, -0.1) is 0 Å². The normalized spacial score (nSPS) is 13.5. The van der Waals surface area contributed by atoms with Crippen LogP contribution in [0.3, 0.4) is 0 Å². The van der Waals surface area contributed by atoms with Gasteiger partial charge in [0.05, 0.1) is 17.6 Å². The summed E-state index contributed by atoms with van der Waals surface area (Å²) < 4.78 is 13.2. The summed E-state index contributed by atoms with van der Waals surface area (Å²) in [4.78, 5) is 4.71. The van der Waals surface area contributed by atoms with E-state index in [-0.39, 0.29) is 6.61 Å². The van der Waals surface area contributed by atoms with E-state index < -0.39 is 0 Å². The summed E-state index contributed by atoms with van der Waals surface area (Å²) in [6, 6.07) is 13.8. The first-order chi connectivity index (χ1) is 10.9. The van der Waals surface area contributed by atoms with Gasteiger partial charge in [0.2, 0.25) is 0 Å². The van der Waals surface area contributed by atoms with Crippen molar-refractivity contribution in [2.75, 3.05) is 19.8 Å². The Bertz CT molecular complexity index is 826. The van der Waals surface area contributed by atoms with Crippen molar-refractivity contribution in [3.63, 3.8) is 0 Å². The van der Waals surface area contributed by atoms with Gasteiger partial charge in [-0.3, -0.25) is 0 Å². The van der Waals surface area contributed by atoms with Crippen molar-refractivity contribution in [3.05, 3.63) is 42.5 Å². The van der Waals surface area contributed by atoms with Crippen LogP contribution in [-0.2, 0) is 6.54 Å². The molecule has 2 aromatic carbocycles. The fourth-order valence-electron chi connectivity index (χ4n) is 2.80. The molecule has 0 spiro atoms. The Morgan fingerprint density at radius 2 is 1.86 bits per heavy atom. The molecule has 3 aromatic rings. The number of fused-ring (bicyclic) bond motifs is 2. The van der Waals surface area contributed by atoms with Crippen molar-refractivity contribution in [2.24, 2.45) is 0 Å². The number of hydrogen-bond acceptors (Lipinski definition) is 4. The molecule has 0 amide bonds. The minimum atomic E-state index is 0.0674. The van der Waals surface area contributed by atoms with E-state index in [1.165, 1.54) is 0 Å². The molecule has 4 rings (SSSR count). The van der Waals surface area contributed by atoms with E-state index in [0.717, 1.165) is 33.9 Å². The zero-order chi connectivity index (χ0) is 14.9. The summed E-state index contributed by atoms with van der Waals surface area (Å²) in [6.07, 6.45) is 0. The maximum atomic E-state index is 9.37. The Hall–Kier alpha value is -2.53. The Morgan fingerprint density at radius 3 is 2.73 bits per heavy atom. The summed E-state index contributed by atoms with van der Waals surface area (Å²) in [5, 5.41) is 9.37. The molecule has 0 unspecified atom stereocenters. The fraction of sp³-hybridized carbons (Fsp3) is 0.235. The van der Waals surface area contributed by atoms with Crippen LogP contribution >= 0.6 is 0 Å². The van der Waals surface area contributed by atoms with Crippen LogP contribution in [-0.4, -0.2) is 34.5 Å². The van der Waals surface area contributed by atoms with Gasteiger partial charge in [0, 0.05) is 12.1 Å². The largest absolute Gasteiger partial charge is 0.486 e. The van der Waals surface area contributed by atoms with Gasteiger partial charge in [-0.05, 0) is 30.3 Å². The molecule has 1 N–H and O–H groups in total. The van der Waals surface area contributed by atoms with E-state index in [1.54, 1.807) is 0 Å². The SMILES string of the molecule is OCCn1c(-c2ccc3c(c2)OCCO3)nc2ccccc21. The Labute approximate surface area is 127 Å². The lowest BCUT2D eigenvalue weighted by molar-refractivity contribution is 0.171. The van der Waals surface area contributed by atoms with Gasteiger partial charge in [0.15, 0.2) is 11.5 Å². The van der Waals surface area contributed by atoms with E-state index in [1.807, 2.05) is 47.0 Å². The highest BCUT2D eigenvalue weighted by Gasteiger charge is 2.16. The van der Waals surface area contributed by atoms with Crippen LogP contribution < -0.4 is 9.47 Å². The highest BCUT2D eigenvalue weighted by atomic mass is 16.6. The number of imidazole rings is 1. The van der Waals surface area contributed by atoms with E-state index in [0.29, 0.717) is 19.8 Å². The molecule has 1 aromatic heterocycles. The molecule has 0 aliphatic carbocycles. The van der Waals surface area contributed by atoms with Crippen molar-refractivity contribution < 1.29 is 14.6 Å². The van der Waals surface area contributed by atoms with Gasteiger partial charge in [-0.2, -0.15) is 0 Å². The smallest absolute Gasteiger partial charge is 0.162 e. The number of aromatic nitrogens is 2. The summed E-state index contributed by atoms with van der Waals surface area (Å²) in [7, 11) is 0. The predicted molar refractivity (Wildman–Crippen MR) is 83.2 cm³/mol. The highest BCUT2D eigenvalue weighted by molar-refractivity contribution is 5.81. The number of nitrogens with zero attached hydrogens (tertiary/aromatic N) is 2. The summed E-state index contributed by atoms with van der Waals surface area (Å²) in [6.45, 7) is 1.71. The van der Waals surface area contributed by atoms with Crippen molar-refractivity contribution in [2.45, 2.75) is 6.54 Å². The molecule has 0 bridgehead atoms. The van der Waals surface area contributed by atoms with Gasteiger partial charge in [-0.25, -0.2) is 4.98 Å². The lowest BCUT2D eigenvalue weighted by Gasteiger charge is -2.19. The third-order valence-electron chi connectivity index (χ3n) is 3.78. The number of aliphatic hydroxyl groups excluding tert-OH is 1. The lowest BCUT2D eigenvalue weighted by Crippen LogP contribution is -2.15. The van der Waals surface area contributed by atoms with Crippen LogP contribution in [0.15, 0.2) is 42.5 Å². The Balaban J connectivity index is 1.88. The maximum Gasteiger partial charge on any atom is 0.162 e. The van der Waals surface area contributed by atoms with Gasteiger partial charge < -0.3 is 19.1 Å². The second-order valence-electron chi connectivity index (χ2n) is 5.16. The zero-order valence-electron chi connectivity index (χ0n) is 12.0. The van der Waals surface area contributed by atoms with E-state index in [9.17, 15) is 5.11 Å². The molecule has 0 saturated carbocycles. The molecule has 0 saturated heterocycles. The van der Waals surface area contributed by atoms with Crippen molar-refractivity contribution in [1.29, 1.82) is 0 Å². The molecule has 22 heavy (non-hydrogen) atoms. The molecule has 5 heteroatoms. The molecule has 0 atom stereocenters. The molecule has 1 aliphatic heterocycles. The average Bonchev–Trinajstić information content (AvgIpc) is 2.94. The minimum absolute atomic E-state index is 0.0674. The highest BCUT2D eigenvalue weighted by Crippen LogP contribution is 2.35. The molecule has 0 radical (unpaired) electrons. The Kier molecular flexibility index (Phi) is 3.20. The topological polar surface area (TPSA) is 56.5 Å². The third-order valence-corrected chi connectivity index (χ3v) is 3.78. The van der Waals surface area contributed by atoms with Crippen LogP contribution in [0.2, 0.25) is 0 Å². The van der Waals surface area contributed by atoms with Crippen LogP contribution in [0, 0.1) is 0 Å². The summed E-state index contributed by atoms with van der Waals surface area (Å²) in [5.74, 6) is 2.33. The lowest BCUT2D eigenvalue weighted by atomic mass is 10.2. The molecule has 112 valence electrons. The number of para-hydroxylation sites is 2. The molecule has 1 aliphatic rings. The maximum absolute atomic E-state index is 9.37. The third kappa shape index (κ3) is 2.10. The number of hydrogen-bond donors (Lipinski definition) is 1. The second kappa shape index (κ2) is 5.35. The zero-order valence-corrected chi connectivity index (χ0v) is 12.0. The second-order valence-corrected chi connectivity index (χ2v) is 5.16. The van der Waals surface area contributed by atoms with E-state index in [4.69, 9.17) is 14.5 Å². The molecular formula is C17H16N2O3. The van der Waals surface area contributed by atoms with Crippen LogP contribution in [0.25, 0.3) is 22.4 Å². The first-order valence-corrected chi connectivity index (χ1v) is 7.33. The number of benzene rings is 2. The van der Waals surface area contributed by atoms with Gasteiger partial charge in [-0.1, -0.05) is 12.1 Å². The van der Waals surface area contributed by atoms with Crippen LogP contribution in [0.4, 0.5) is 0 Å².